The van der Waals surface area contributed by atoms with Crippen LogP contribution in [0, 0.1) is 5.41 Å². The Kier molecular flexibility index (Phi) is 7.47. The van der Waals surface area contributed by atoms with Gasteiger partial charge in [0.1, 0.15) is 11.9 Å². The highest BCUT2D eigenvalue weighted by molar-refractivity contribution is 7.58. The molecule has 0 radical (unpaired) electrons. The van der Waals surface area contributed by atoms with E-state index in [1.54, 1.807) is 6.66 Å². The summed E-state index contributed by atoms with van der Waals surface area (Å²) in [5, 5.41) is 1.90. The minimum absolute atomic E-state index is 0.146. The third-order valence-corrected chi connectivity index (χ3v) is 6.67. The van der Waals surface area contributed by atoms with Crippen LogP contribution in [0.3, 0.4) is 0 Å². The Bertz CT molecular complexity index is 575. The van der Waals surface area contributed by atoms with Crippen LogP contribution in [0.2, 0.25) is 0 Å². The van der Waals surface area contributed by atoms with E-state index in [0.717, 1.165) is 5.56 Å². The van der Waals surface area contributed by atoms with Gasteiger partial charge < -0.3 is 4.52 Å². The molecule has 3 unspecified atom stereocenters. The van der Waals surface area contributed by atoms with Crippen LogP contribution in [0.4, 0.5) is 0 Å². The number of rotatable bonds is 7. The summed E-state index contributed by atoms with van der Waals surface area (Å²) in [6, 6.07) is 10.1. The van der Waals surface area contributed by atoms with Gasteiger partial charge in [-0.05, 0) is 45.6 Å². The van der Waals surface area contributed by atoms with Crippen LogP contribution < -0.4 is 0 Å². The third-order valence-electron chi connectivity index (χ3n) is 4.03. The van der Waals surface area contributed by atoms with Crippen LogP contribution in [-0.2, 0) is 13.9 Å². The summed E-state index contributed by atoms with van der Waals surface area (Å²) < 4.78 is 19.1. The monoisotopic (exact) mass is 369 g/mol. The van der Waals surface area contributed by atoms with Crippen molar-refractivity contribution < 1.29 is 13.9 Å². The zero-order chi connectivity index (χ0) is 19.5. The van der Waals surface area contributed by atoms with Gasteiger partial charge in [0.05, 0.1) is 6.61 Å². The van der Waals surface area contributed by atoms with Crippen LogP contribution >= 0.6 is 7.37 Å². The Labute approximate surface area is 154 Å². The minimum Gasteiger partial charge on any atom is -0.328 e. The SMILES string of the molecule is CCOP(C)(=O)C(N(OC(C)c1ccccc1)C(C)(C)C)C(C)(C)C. The summed E-state index contributed by atoms with van der Waals surface area (Å²) in [4.78, 5) is 6.40. The fourth-order valence-electron chi connectivity index (χ4n) is 3.11. The molecule has 3 atom stereocenters. The van der Waals surface area contributed by atoms with E-state index in [0.29, 0.717) is 6.61 Å². The molecule has 0 spiro atoms. The Morgan fingerprint density at radius 3 is 2.00 bits per heavy atom. The molecule has 0 N–H and O–H groups in total. The highest BCUT2D eigenvalue weighted by atomic mass is 31.2. The Morgan fingerprint density at radius 2 is 1.60 bits per heavy atom. The van der Waals surface area contributed by atoms with E-state index in [1.807, 2.05) is 49.2 Å². The van der Waals surface area contributed by atoms with E-state index in [9.17, 15) is 4.57 Å². The lowest BCUT2D eigenvalue weighted by atomic mass is 9.94. The number of hydrogen-bond acceptors (Lipinski definition) is 4. The number of hydrogen-bond donors (Lipinski definition) is 0. The number of nitrogens with zero attached hydrogens (tertiary/aromatic N) is 1. The molecule has 5 heteroatoms. The summed E-state index contributed by atoms with van der Waals surface area (Å²) in [5.41, 5.74) is 0.485. The van der Waals surface area contributed by atoms with Gasteiger partial charge in [0.15, 0.2) is 0 Å². The lowest BCUT2D eigenvalue weighted by molar-refractivity contribution is -0.262. The van der Waals surface area contributed by atoms with Gasteiger partial charge in [-0.15, -0.1) is 0 Å². The maximum Gasteiger partial charge on any atom is 0.219 e. The molecule has 0 bridgehead atoms. The van der Waals surface area contributed by atoms with Crippen LogP contribution in [0.1, 0.15) is 67.1 Å². The van der Waals surface area contributed by atoms with Crippen molar-refractivity contribution in [1.29, 1.82) is 0 Å². The number of benzene rings is 1. The van der Waals surface area contributed by atoms with E-state index in [-0.39, 0.29) is 22.8 Å². The predicted octanol–water partition coefficient (Wildman–Crippen LogP) is 6.10. The molecule has 0 aliphatic rings. The van der Waals surface area contributed by atoms with Crippen molar-refractivity contribution in [2.45, 2.75) is 72.8 Å². The maximum atomic E-state index is 13.4. The summed E-state index contributed by atoms with van der Waals surface area (Å²) in [7, 11) is -2.92. The maximum absolute atomic E-state index is 13.4. The van der Waals surface area contributed by atoms with Crippen molar-refractivity contribution in [2.75, 3.05) is 13.3 Å². The van der Waals surface area contributed by atoms with Crippen molar-refractivity contribution in [2.24, 2.45) is 5.41 Å². The standard InChI is InChI=1S/C20H36NO3P/c1-10-23-25(9,22)18(19(3,4)5)21(20(6,7)8)24-16(2)17-14-12-11-13-15-17/h11-16,18H,10H2,1-9H3. The lowest BCUT2D eigenvalue weighted by Gasteiger charge is -2.48. The zero-order valence-corrected chi connectivity index (χ0v) is 18.3. The van der Waals surface area contributed by atoms with Gasteiger partial charge in [0.2, 0.25) is 7.37 Å². The van der Waals surface area contributed by atoms with Crippen molar-refractivity contribution in [3.63, 3.8) is 0 Å². The molecule has 1 aromatic rings. The molecule has 144 valence electrons. The molecular weight excluding hydrogens is 333 g/mol. The fourth-order valence-corrected chi connectivity index (χ4v) is 5.95. The fraction of sp³-hybridized carbons (Fsp3) is 0.700. The highest BCUT2D eigenvalue weighted by Gasteiger charge is 2.48. The molecule has 1 rings (SSSR count). The van der Waals surface area contributed by atoms with E-state index in [1.165, 1.54) is 0 Å². The van der Waals surface area contributed by atoms with Gasteiger partial charge in [0.25, 0.3) is 0 Å². The minimum atomic E-state index is -2.92. The molecule has 0 heterocycles. The van der Waals surface area contributed by atoms with Crippen molar-refractivity contribution >= 4 is 7.37 Å². The molecule has 0 saturated heterocycles. The Hall–Kier alpha value is -0.670. The first-order valence-electron chi connectivity index (χ1n) is 9.03. The normalized spacial score (nSPS) is 18.0. The van der Waals surface area contributed by atoms with Crippen LogP contribution in [-0.4, -0.2) is 29.7 Å². The predicted molar refractivity (Wildman–Crippen MR) is 106 cm³/mol. The van der Waals surface area contributed by atoms with E-state index < -0.39 is 7.37 Å². The van der Waals surface area contributed by atoms with Crippen molar-refractivity contribution in [3.8, 4) is 0 Å². The molecule has 25 heavy (non-hydrogen) atoms. The van der Waals surface area contributed by atoms with E-state index >= 15 is 0 Å². The molecule has 0 amide bonds. The summed E-state index contributed by atoms with van der Waals surface area (Å²) >= 11 is 0. The smallest absolute Gasteiger partial charge is 0.219 e. The second-order valence-electron chi connectivity index (χ2n) is 8.72. The molecule has 0 aromatic heterocycles. The molecule has 0 aliphatic carbocycles. The lowest BCUT2D eigenvalue weighted by Crippen LogP contribution is -2.53. The topological polar surface area (TPSA) is 38.8 Å². The molecule has 1 aromatic carbocycles. The molecule has 0 aliphatic heterocycles. The van der Waals surface area contributed by atoms with E-state index in [2.05, 4.69) is 41.5 Å². The van der Waals surface area contributed by atoms with Gasteiger partial charge >= 0.3 is 0 Å². The summed E-state index contributed by atoms with van der Waals surface area (Å²) in [6.45, 7) is 18.5. The van der Waals surface area contributed by atoms with Gasteiger partial charge in [-0.2, -0.15) is 5.06 Å². The second kappa shape index (κ2) is 8.35. The van der Waals surface area contributed by atoms with Gasteiger partial charge in [0, 0.05) is 12.2 Å². The molecular formula is C20H36NO3P. The average Bonchev–Trinajstić information content (AvgIpc) is 2.44. The molecule has 0 saturated carbocycles. The third kappa shape index (κ3) is 6.21. The molecule has 4 nitrogen and oxygen atoms in total. The average molecular weight is 369 g/mol. The van der Waals surface area contributed by atoms with Gasteiger partial charge in [-0.3, -0.25) is 9.40 Å². The first-order chi connectivity index (χ1) is 11.3. The first-order valence-corrected chi connectivity index (χ1v) is 11.2. The van der Waals surface area contributed by atoms with Crippen LogP contribution in [0.25, 0.3) is 0 Å². The zero-order valence-electron chi connectivity index (χ0n) is 17.4. The number of hydroxylamine groups is 2. The van der Waals surface area contributed by atoms with Crippen molar-refractivity contribution in [3.05, 3.63) is 35.9 Å². The Morgan fingerprint density at radius 1 is 1.08 bits per heavy atom. The van der Waals surface area contributed by atoms with Gasteiger partial charge in [-0.25, -0.2) is 0 Å². The second-order valence-corrected chi connectivity index (χ2v) is 11.3. The van der Waals surface area contributed by atoms with Crippen molar-refractivity contribution in [1.82, 2.24) is 5.06 Å². The quantitative estimate of drug-likeness (QED) is 0.430. The van der Waals surface area contributed by atoms with Crippen LogP contribution in [0.15, 0.2) is 30.3 Å². The summed E-state index contributed by atoms with van der Waals surface area (Å²) in [6.07, 6.45) is -0.146. The van der Waals surface area contributed by atoms with Crippen LogP contribution in [0.5, 0.6) is 0 Å². The Balaban J connectivity index is 3.28. The first kappa shape index (κ1) is 22.4. The summed E-state index contributed by atoms with van der Waals surface area (Å²) in [5.74, 6) is -0.355. The van der Waals surface area contributed by atoms with E-state index in [4.69, 9.17) is 9.36 Å². The van der Waals surface area contributed by atoms with Gasteiger partial charge in [-0.1, -0.05) is 51.1 Å². The largest absolute Gasteiger partial charge is 0.328 e. The highest BCUT2D eigenvalue weighted by Crippen LogP contribution is 2.57. The molecule has 0 fully saturated rings.